The summed E-state index contributed by atoms with van der Waals surface area (Å²) in [5, 5.41) is 2.95. The van der Waals surface area contributed by atoms with E-state index in [-0.39, 0.29) is 12.0 Å². The third-order valence-electron chi connectivity index (χ3n) is 1.75. The number of nitrogens with one attached hydrogen (secondary N) is 1. The van der Waals surface area contributed by atoms with Gasteiger partial charge in [0.2, 0.25) is 0 Å². The minimum Gasteiger partial charge on any atom is -0.369 e. The van der Waals surface area contributed by atoms with Crippen LogP contribution >= 0.6 is 0 Å². The van der Waals surface area contributed by atoms with E-state index >= 15 is 0 Å². The smallest absolute Gasteiger partial charge is 0.127 e. The summed E-state index contributed by atoms with van der Waals surface area (Å²) in [4.78, 5) is 10.5. The topological polar surface area (TPSA) is 38.3 Å². The number of ether oxygens (including phenoxy) is 1. The molecule has 11 heavy (non-hydrogen) atoms. The molecule has 0 fully saturated rings. The van der Waals surface area contributed by atoms with Gasteiger partial charge in [-0.05, 0) is 7.05 Å². The predicted octanol–water partition coefficient (Wildman–Crippen LogP) is -0.0241. The van der Waals surface area contributed by atoms with Crippen LogP contribution in [0, 0.1) is 5.92 Å². The third-order valence-corrected chi connectivity index (χ3v) is 1.75. The number of hydrogen-bond acceptors (Lipinski definition) is 3. The minimum atomic E-state index is -0.0428. The second kappa shape index (κ2) is 4.26. The molecule has 0 aromatic rings. The van der Waals surface area contributed by atoms with E-state index in [4.69, 9.17) is 4.74 Å². The maximum Gasteiger partial charge on any atom is 0.127 e. The Labute approximate surface area is 66.4 Å². The van der Waals surface area contributed by atoms with Crippen molar-refractivity contribution in [3.05, 3.63) is 12.2 Å². The van der Waals surface area contributed by atoms with Crippen LogP contribution in [0.1, 0.15) is 0 Å². The fourth-order valence-electron chi connectivity index (χ4n) is 1.16. The first-order chi connectivity index (χ1) is 5.38. The fraction of sp³-hybridized carbons (Fsp3) is 0.625. The second-order valence-corrected chi connectivity index (χ2v) is 2.58. The van der Waals surface area contributed by atoms with Crippen molar-refractivity contribution >= 4 is 6.29 Å². The van der Waals surface area contributed by atoms with Crippen LogP contribution in [-0.2, 0) is 9.53 Å². The molecule has 0 aromatic heterocycles. The zero-order chi connectivity index (χ0) is 8.10. The quantitative estimate of drug-likeness (QED) is 0.458. The highest BCUT2D eigenvalue weighted by atomic mass is 16.5. The maximum absolute atomic E-state index is 10.5. The molecule has 0 bridgehead atoms. The Morgan fingerprint density at radius 1 is 1.91 bits per heavy atom. The summed E-state index contributed by atoms with van der Waals surface area (Å²) < 4.78 is 5.28. The molecule has 0 amide bonds. The van der Waals surface area contributed by atoms with Crippen molar-refractivity contribution in [1.82, 2.24) is 5.32 Å². The molecule has 0 saturated heterocycles. The molecule has 0 spiro atoms. The van der Waals surface area contributed by atoms with Gasteiger partial charge in [-0.25, -0.2) is 0 Å². The van der Waals surface area contributed by atoms with Gasteiger partial charge >= 0.3 is 0 Å². The largest absolute Gasteiger partial charge is 0.369 e. The summed E-state index contributed by atoms with van der Waals surface area (Å²) in [5.74, 6) is -0.0428. The molecule has 1 aliphatic rings. The van der Waals surface area contributed by atoms with Gasteiger partial charge in [-0.2, -0.15) is 0 Å². The Bertz CT molecular complexity index is 156. The van der Waals surface area contributed by atoms with Gasteiger partial charge in [-0.15, -0.1) is 0 Å². The molecule has 0 radical (unpaired) electrons. The Kier molecular flexibility index (Phi) is 3.26. The number of carbonyl (C=O) groups excluding carboxylic acids is 1. The van der Waals surface area contributed by atoms with Crippen molar-refractivity contribution in [2.45, 2.75) is 6.10 Å². The number of carbonyl (C=O) groups is 1. The second-order valence-electron chi connectivity index (χ2n) is 2.58. The molecule has 1 heterocycles. The van der Waals surface area contributed by atoms with E-state index in [1.807, 2.05) is 19.2 Å². The van der Waals surface area contributed by atoms with Gasteiger partial charge in [-0.3, -0.25) is 0 Å². The van der Waals surface area contributed by atoms with Crippen LogP contribution < -0.4 is 5.32 Å². The van der Waals surface area contributed by atoms with E-state index in [1.54, 1.807) is 0 Å². The Balaban J connectivity index is 2.40. The number of hydrogen-bond donors (Lipinski definition) is 1. The van der Waals surface area contributed by atoms with Crippen LogP contribution in [0.5, 0.6) is 0 Å². The predicted molar refractivity (Wildman–Crippen MR) is 42.4 cm³/mol. The van der Waals surface area contributed by atoms with Crippen LogP contribution in [0.4, 0.5) is 0 Å². The van der Waals surface area contributed by atoms with Crippen LogP contribution in [0.15, 0.2) is 12.2 Å². The van der Waals surface area contributed by atoms with Crippen LogP contribution in [0.3, 0.4) is 0 Å². The molecule has 2 atom stereocenters. The van der Waals surface area contributed by atoms with E-state index in [0.717, 1.165) is 6.29 Å². The van der Waals surface area contributed by atoms with E-state index in [0.29, 0.717) is 13.2 Å². The first kappa shape index (κ1) is 8.43. The molecule has 1 aliphatic heterocycles. The van der Waals surface area contributed by atoms with Gasteiger partial charge in [0.1, 0.15) is 6.29 Å². The standard InChI is InChI=1S/C8H13NO2/c1-9-5-7(6-10)8-3-2-4-11-8/h2-3,6-9H,4-5H2,1H3/t7?,8-/m0/s1. The van der Waals surface area contributed by atoms with Crippen LogP contribution in [0.2, 0.25) is 0 Å². The molecule has 3 heteroatoms. The minimum absolute atomic E-state index is 0.0139. The van der Waals surface area contributed by atoms with Crippen molar-refractivity contribution in [1.29, 1.82) is 0 Å². The highest BCUT2D eigenvalue weighted by Crippen LogP contribution is 2.11. The van der Waals surface area contributed by atoms with Crippen LogP contribution in [-0.4, -0.2) is 32.6 Å². The molecule has 1 unspecified atom stereocenters. The summed E-state index contributed by atoms with van der Waals surface area (Å²) >= 11 is 0. The molecular weight excluding hydrogens is 142 g/mol. The van der Waals surface area contributed by atoms with Crippen molar-refractivity contribution in [3.8, 4) is 0 Å². The van der Waals surface area contributed by atoms with Crippen molar-refractivity contribution in [2.24, 2.45) is 5.92 Å². The summed E-state index contributed by atoms with van der Waals surface area (Å²) in [6.07, 6.45) is 4.81. The van der Waals surface area contributed by atoms with E-state index in [2.05, 4.69) is 5.32 Å². The number of rotatable bonds is 4. The molecule has 1 N–H and O–H groups in total. The lowest BCUT2D eigenvalue weighted by atomic mass is 10.1. The Morgan fingerprint density at radius 3 is 3.18 bits per heavy atom. The lowest BCUT2D eigenvalue weighted by Gasteiger charge is -2.15. The Hall–Kier alpha value is -0.670. The molecule has 0 aromatic carbocycles. The van der Waals surface area contributed by atoms with E-state index in [1.165, 1.54) is 0 Å². The molecule has 0 aliphatic carbocycles. The summed E-state index contributed by atoms with van der Waals surface area (Å²) in [7, 11) is 1.83. The highest BCUT2D eigenvalue weighted by molar-refractivity contribution is 5.55. The van der Waals surface area contributed by atoms with Gasteiger partial charge in [0.05, 0.1) is 18.6 Å². The fourth-order valence-corrected chi connectivity index (χ4v) is 1.16. The van der Waals surface area contributed by atoms with E-state index in [9.17, 15) is 4.79 Å². The lowest BCUT2D eigenvalue weighted by molar-refractivity contribution is -0.113. The zero-order valence-corrected chi connectivity index (χ0v) is 6.62. The SMILES string of the molecule is CNCC(C=O)[C@@H]1C=CCO1. The first-order valence-corrected chi connectivity index (χ1v) is 3.76. The van der Waals surface area contributed by atoms with Crippen molar-refractivity contribution < 1.29 is 9.53 Å². The lowest BCUT2D eigenvalue weighted by Crippen LogP contribution is -2.30. The summed E-state index contributed by atoms with van der Waals surface area (Å²) in [6, 6.07) is 0. The molecule has 3 nitrogen and oxygen atoms in total. The van der Waals surface area contributed by atoms with Crippen LogP contribution in [0.25, 0.3) is 0 Å². The van der Waals surface area contributed by atoms with Gasteiger partial charge in [0.25, 0.3) is 0 Å². The van der Waals surface area contributed by atoms with Crippen molar-refractivity contribution in [2.75, 3.05) is 20.2 Å². The maximum atomic E-state index is 10.5. The molecule has 1 rings (SSSR count). The van der Waals surface area contributed by atoms with Gasteiger partial charge in [0, 0.05) is 6.54 Å². The highest BCUT2D eigenvalue weighted by Gasteiger charge is 2.20. The van der Waals surface area contributed by atoms with Gasteiger partial charge in [0.15, 0.2) is 0 Å². The molecular formula is C8H13NO2. The monoisotopic (exact) mass is 155 g/mol. The Morgan fingerprint density at radius 2 is 2.73 bits per heavy atom. The normalized spacial score (nSPS) is 25.4. The molecule has 0 saturated carbocycles. The molecule has 62 valence electrons. The van der Waals surface area contributed by atoms with Crippen molar-refractivity contribution in [3.63, 3.8) is 0 Å². The van der Waals surface area contributed by atoms with Gasteiger partial charge in [-0.1, -0.05) is 12.2 Å². The average molecular weight is 155 g/mol. The average Bonchev–Trinajstić information content (AvgIpc) is 2.52. The third kappa shape index (κ3) is 2.13. The summed E-state index contributed by atoms with van der Waals surface area (Å²) in [5.41, 5.74) is 0. The number of aldehydes is 1. The zero-order valence-electron chi connectivity index (χ0n) is 6.62. The van der Waals surface area contributed by atoms with Gasteiger partial charge < -0.3 is 14.8 Å². The van der Waals surface area contributed by atoms with E-state index < -0.39 is 0 Å². The summed E-state index contributed by atoms with van der Waals surface area (Å²) in [6.45, 7) is 1.32. The first-order valence-electron chi connectivity index (χ1n) is 3.76.